The van der Waals surface area contributed by atoms with Gasteiger partial charge in [0.05, 0.1) is 6.20 Å². The lowest BCUT2D eigenvalue weighted by Crippen LogP contribution is -1.84. The van der Waals surface area contributed by atoms with Crippen LogP contribution in [0.2, 0.25) is 0 Å². The van der Waals surface area contributed by atoms with Gasteiger partial charge in [-0.05, 0) is 31.5 Å². The summed E-state index contributed by atoms with van der Waals surface area (Å²) in [6.07, 6.45) is 3.32. The van der Waals surface area contributed by atoms with E-state index in [0.29, 0.717) is 23.3 Å². The van der Waals surface area contributed by atoms with E-state index < -0.39 is 0 Å². The maximum Gasteiger partial charge on any atom is 0.195 e. The summed E-state index contributed by atoms with van der Waals surface area (Å²) in [4.78, 5) is 4.23. The molecule has 0 spiro atoms. The Balaban J connectivity index is 1.92. The molecule has 0 aliphatic heterocycles. The predicted octanol–water partition coefficient (Wildman–Crippen LogP) is 4.57. The molecule has 2 aromatic heterocycles. The highest BCUT2D eigenvalue weighted by Crippen LogP contribution is 2.29. The van der Waals surface area contributed by atoms with Crippen LogP contribution in [0.4, 0.5) is 0 Å². The smallest absolute Gasteiger partial charge is 0.195 e. The molecule has 0 saturated carbocycles. The Morgan fingerprint density at radius 2 is 2.05 bits per heavy atom. The van der Waals surface area contributed by atoms with Crippen LogP contribution in [0.5, 0.6) is 0 Å². The Kier molecular flexibility index (Phi) is 3.30. The lowest BCUT2D eigenvalue weighted by atomic mass is 10.2. The van der Waals surface area contributed by atoms with E-state index in [2.05, 4.69) is 18.0 Å². The fourth-order valence-corrected chi connectivity index (χ4v) is 2.18. The molecule has 3 rings (SSSR count). The van der Waals surface area contributed by atoms with Crippen LogP contribution in [0, 0.1) is 6.92 Å². The maximum absolute atomic E-state index is 5.77. The summed E-state index contributed by atoms with van der Waals surface area (Å²) >= 11 is 5.66. The van der Waals surface area contributed by atoms with Crippen LogP contribution < -0.4 is 0 Å². The van der Waals surface area contributed by atoms with Crippen molar-refractivity contribution >= 4 is 22.6 Å². The van der Waals surface area contributed by atoms with E-state index in [9.17, 15) is 0 Å². The van der Waals surface area contributed by atoms with Crippen LogP contribution in [-0.4, -0.2) is 10.9 Å². The third-order valence-electron chi connectivity index (χ3n) is 2.99. The first-order valence-corrected chi connectivity index (χ1v) is 6.81. The van der Waals surface area contributed by atoms with Crippen molar-refractivity contribution in [2.24, 2.45) is 0 Å². The molecule has 0 N–H and O–H groups in total. The highest BCUT2D eigenvalue weighted by Gasteiger charge is 2.11. The molecule has 0 fully saturated rings. The number of fused-ring (bicyclic) bond motifs is 1. The zero-order valence-electron chi connectivity index (χ0n) is 10.6. The number of halogens is 1. The second kappa shape index (κ2) is 5.10. The molecular weight excluding hydrogens is 262 g/mol. The Morgan fingerprint density at radius 1 is 1.16 bits per heavy atom. The Labute approximate surface area is 116 Å². The number of furan rings is 1. The van der Waals surface area contributed by atoms with Gasteiger partial charge in [-0.1, -0.05) is 11.6 Å². The van der Waals surface area contributed by atoms with Crippen molar-refractivity contribution in [3.8, 4) is 11.5 Å². The second-order valence-electron chi connectivity index (χ2n) is 4.56. The van der Waals surface area contributed by atoms with Crippen LogP contribution in [-0.2, 0) is 6.42 Å². The van der Waals surface area contributed by atoms with Gasteiger partial charge in [0.15, 0.2) is 17.4 Å². The quantitative estimate of drug-likeness (QED) is 0.655. The third-order valence-corrected chi connectivity index (χ3v) is 3.26. The Hall–Kier alpha value is -1.74. The molecule has 0 unspecified atom stereocenters. The monoisotopic (exact) mass is 275 g/mol. The molecule has 1 aromatic carbocycles. The molecular formula is C15H14ClNO2. The van der Waals surface area contributed by atoms with Gasteiger partial charge in [0.2, 0.25) is 0 Å². The molecule has 0 radical (unpaired) electrons. The topological polar surface area (TPSA) is 39.2 Å². The zero-order chi connectivity index (χ0) is 13.2. The van der Waals surface area contributed by atoms with Crippen molar-refractivity contribution in [2.75, 3.05) is 5.88 Å². The highest BCUT2D eigenvalue weighted by atomic mass is 35.5. The average Bonchev–Trinajstić information content (AvgIpc) is 3.01. The molecule has 2 heterocycles. The van der Waals surface area contributed by atoms with E-state index in [-0.39, 0.29) is 0 Å². The molecule has 0 aliphatic rings. The van der Waals surface area contributed by atoms with Crippen LogP contribution >= 0.6 is 11.6 Å². The number of rotatable bonds is 4. The Bertz CT molecular complexity index is 699. The number of aromatic nitrogens is 1. The van der Waals surface area contributed by atoms with Crippen LogP contribution in [0.1, 0.15) is 17.9 Å². The number of aryl methyl sites for hydroxylation is 2. The van der Waals surface area contributed by atoms with Crippen molar-refractivity contribution in [1.29, 1.82) is 0 Å². The van der Waals surface area contributed by atoms with Gasteiger partial charge in [-0.15, -0.1) is 11.6 Å². The summed E-state index contributed by atoms with van der Waals surface area (Å²) in [7, 11) is 0. The number of benzene rings is 1. The summed E-state index contributed by atoms with van der Waals surface area (Å²) in [5.41, 5.74) is 2.07. The number of alkyl halides is 1. The number of hydrogen-bond acceptors (Lipinski definition) is 3. The van der Waals surface area contributed by atoms with Crippen molar-refractivity contribution in [2.45, 2.75) is 19.8 Å². The van der Waals surface area contributed by atoms with E-state index in [1.165, 1.54) is 5.56 Å². The van der Waals surface area contributed by atoms with Crippen molar-refractivity contribution in [3.05, 3.63) is 41.9 Å². The molecule has 0 atom stereocenters. The number of hydrogen-bond donors (Lipinski definition) is 0. The lowest BCUT2D eigenvalue weighted by molar-refractivity contribution is 0.486. The summed E-state index contributed by atoms with van der Waals surface area (Å²) in [6.45, 7) is 2.06. The predicted molar refractivity (Wildman–Crippen MR) is 75.5 cm³/mol. The highest BCUT2D eigenvalue weighted by molar-refractivity contribution is 6.17. The van der Waals surface area contributed by atoms with E-state index in [1.54, 1.807) is 6.20 Å². The van der Waals surface area contributed by atoms with Gasteiger partial charge in [-0.25, -0.2) is 4.98 Å². The molecule has 19 heavy (non-hydrogen) atoms. The molecule has 3 nitrogen and oxygen atoms in total. The number of oxazole rings is 1. The average molecular weight is 276 g/mol. The SMILES string of the molecule is Cc1ccc2oc(-c3cnc(CCCCl)o3)cc2c1. The fourth-order valence-electron chi connectivity index (χ4n) is 2.04. The maximum atomic E-state index is 5.77. The van der Waals surface area contributed by atoms with E-state index in [1.807, 2.05) is 18.2 Å². The van der Waals surface area contributed by atoms with Gasteiger partial charge in [0.1, 0.15) is 5.58 Å². The van der Waals surface area contributed by atoms with Gasteiger partial charge in [0.25, 0.3) is 0 Å². The summed E-state index contributed by atoms with van der Waals surface area (Å²) in [5, 5.41) is 1.08. The van der Waals surface area contributed by atoms with Gasteiger partial charge < -0.3 is 8.83 Å². The van der Waals surface area contributed by atoms with Crippen LogP contribution in [0.15, 0.2) is 39.3 Å². The minimum atomic E-state index is 0.613. The standard InChI is InChI=1S/C15H14ClNO2/c1-10-4-5-12-11(7-10)8-13(18-12)14-9-17-15(19-14)3-2-6-16/h4-5,7-9H,2-3,6H2,1H3. The zero-order valence-corrected chi connectivity index (χ0v) is 11.4. The van der Waals surface area contributed by atoms with Gasteiger partial charge in [0, 0.05) is 17.7 Å². The van der Waals surface area contributed by atoms with Gasteiger partial charge >= 0.3 is 0 Å². The van der Waals surface area contributed by atoms with Crippen molar-refractivity contribution < 1.29 is 8.83 Å². The summed E-state index contributed by atoms with van der Waals surface area (Å²) in [6, 6.07) is 8.07. The normalized spacial score (nSPS) is 11.3. The van der Waals surface area contributed by atoms with E-state index in [4.69, 9.17) is 20.4 Å². The second-order valence-corrected chi connectivity index (χ2v) is 4.94. The van der Waals surface area contributed by atoms with E-state index >= 15 is 0 Å². The number of nitrogens with zero attached hydrogens (tertiary/aromatic N) is 1. The molecule has 0 bridgehead atoms. The largest absolute Gasteiger partial charge is 0.453 e. The molecule has 98 valence electrons. The van der Waals surface area contributed by atoms with Crippen LogP contribution in [0.25, 0.3) is 22.5 Å². The molecule has 3 aromatic rings. The first-order valence-electron chi connectivity index (χ1n) is 6.27. The van der Waals surface area contributed by atoms with Crippen LogP contribution in [0.3, 0.4) is 0 Å². The third kappa shape index (κ3) is 2.51. The molecule has 4 heteroatoms. The minimum Gasteiger partial charge on any atom is -0.453 e. The minimum absolute atomic E-state index is 0.613. The van der Waals surface area contributed by atoms with Gasteiger partial charge in [-0.3, -0.25) is 0 Å². The summed E-state index contributed by atoms with van der Waals surface area (Å²) < 4.78 is 11.4. The van der Waals surface area contributed by atoms with Crippen molar-refractivity contribution in [3.63, 3.8) is 0 Å². The fraction of sp³-hybridized carbons (Fsp3) is 0.267. The van der Waals surface area contributed by atoms with Crippen molar-refractivity contribution in [1.82, 2.24) is 4.98 Å². The first-order chi connectivity index (χ1) is 9.26. The molecule has 0 aliphatic carbocycles. The Morgan fingerprint density at radius 3 is 2.89 bits per heavy atom. The summed E-state index contributed by atoms with van der Waals surface area (Å²) in [5.74, 6) is 2.69. The molecule has 0 saturated heterocycles. The van der Waals surface area contributed by atoms with Gasteiger partial charge in [-0.2, -0.15) is 0 Å². The lowest BCUT2D eigenvalue weighted by Gasteiger charge is -1.91. The molecule has 0 amide bonds. The van der Waals surface area contributed by atoms with E-state index in [0.717, 1.165) is 23.8 Å². The first kappa shape index (κ1) is 12.3.